The number of nitrogens with zero attached hydrogens (tertiary/aromatic N) is 3. The standard InChI is InChI=1S/C15H27N5O/c1-15(2,3)14-17-12(19-16)10-13(18-14)20-8-5-4-6-11(20)7-9-21/h10-11,21H,4-9,16H2,1-3H3,(H,17,18,19). The molecule has 118 valence electrons. The van der Waals surface area contributed by atoms with Crippen LogP contribution in [0.2, 0.25) is 0 Å². The summed E-state index contributed by atoms with van der Waals surface area (Å²) in [4.78, 5) is 11.5. The van der Waals surface area contributed by atoms with Crippen molar-refractivity contribution in [3.8, 4) is 0 Å². The fraction of sp³-hybridized carbons (Fsp3) is 0.733. The summed E-state index contributed by atoms with van der Waals surface area (Å²) in [5, 5.41) is 9.28. The molecule has 0 saturated carbocycles. The Hall–Kier alpha value is -1.40. The lowest BCUT2D eigenvalue weighted by molar-refractivity contribution is 0.262. The molecule has 0 aromatic carbocycles. The lowest BCUT2D eigenvalue weighted by Gasteiger charge is -2.37. The normalized spacial score (nSPS) is 19.7. The SMILES string of the molecule is CC(C)(C)c1nc(NN)cc(N2CCCCC2CCO)n1. The number of piperidine rings is 1. The molecule has 6 nitrogen and oxygen atoms in total. The molecule has 0 aliphatic carbocycles. The van der Waals surface area contributed by atoms with Crippen molar-refractivity contribution in [3.05, 3.63) is 11.9 Å². The Morgan fingerprint density at radius 3 is 2.76 bits per heavy atom. The van der Waals surface area contributed by atoms with E-state index >= 15 is 0 Å². The van der Waals surface area contributed by atoms with Crippen LogP contribution in [0.15, 0.2) is 6.07 Å². The monoisotopic (exact) mass is 293 g/mol. The van der Waals surface area contributed by atoms with Gasteiger partial charge in [-0.1, -0.05) is 20.8 Å². The largest absolute Gasteiger partial charge is 0.396 e. The zero-order valence-electron chi connectivity index (χ0n) is 13.3. The molecule has 2 heterocycles. The molecule has 2 rings (SSSR count). The molecule has 0 radical (unpaired) electrons. The number of hydrogen-bond donors (Lipinski definition) is 3. The minimum atomic E-state index is -0.135. The number of aliphatic hydroxyl groups is 1. The molecule has 1 atom stereocenters. The van der Waals surface area contributed by atoms with Crippen LogP contribution in [0.25, 0.3) is 0 Å². The van der Waals surface area contributed by atoms with Crippen molar-refractivity contribution >= 4 is 11.6 Å². The van der Waals surface area contributed by atoms with Gasteiger partial charge in [0.2, 0.25) is 0 Å². The van der Waals surface area contributed by atoms with Gasteiger partial charge in [-0.25, -0.2) is 15.8 Å². The molecule has 0 amide bonds. The Balaban J connectivity index is 2.36. The van der Waals surface area contributed by atoms with Crippen LogP contribution in [0.1, 0.15) is 52.3 Å². The number of aromatic nitrogens is 2. The lowest BCUT2D eigenvalue weighted by atomic mass is 9.95. The van der Waals surface area contributed by atoms with Gasteiger partial charge < -0.3 is 15.4 Å². The third-order valence-electron chi connectivity index (χ3n) is 3.92. The van der Waals surface area contributed by atoms with Crippen molar-refractivity contribution < 1.29 is 5.11 Å². The van der Waals surface area contributed by atoms with E-state index in [-0.39, 0.29) is 12.0 Å². The average molecular weight is 293 g/mol. The predicted octanol–water partition coefficient (Wildman–Crippen LogP) is 1.80. The highest BCUT2D eigenvalue weighted by molar-refractivity contribution is 5.50. The minimum absolute atomic E-state index is 0.135. The number of aliphatic hydroxyl groups excluding tert-OH is 1. The van der Waals surface area contributed by atoms with Crippen molar-refractivity contribution in [2.75, 3.05) is 23.5 Å². The van der Waals surface area contributed by atoms with Gasteiger partial charge in [0.1, 0.15) is 17.5 Å². The first kappa shape index (κ1) is 16.0. The van der Waals surface area contributed by atoms with E-state index in [0.717, 1.165) is 37.4 Å². The van der Waals surface area contributed by atoms with Gasteiger partial charge in [-0.05, 0) is 25.7 Å². The van der Waals surface area contributed by atoms with Crippen molar-refractivity contribution in [1.29, 1.82) is 0 Å². The molecular weight excluding hydrogens is 266 g/mol. The van der Waals surface area contributed by atoms with Crippen LogP contribution in [0, 0.1) is 0 Å². The topological polar surface area (TPSA) is 87.3 Å². The number of rotatable bonds is 4. The smallest absolute Gasteiger partial charge is 0.145 e. The summed E-state index contributed by atoms with van der Waals surface area (Å²) < 4.78 is 0. The van der Waals surface area contributed by atoms with Crippen LogP contribution < -0.4 is 16.2 Å². The van der Waals surface area contributed by atoms with Crippen LogP contribution in [0.4, 0.5) is 11.6 Å². The number of hydrazine groups is 1. The molecule has 6 heteroatoms. The second-order valence-electron chi connectivity index (χ2n) is 6.68. The molecule has 0 bridgehead atoms. The molecule has 4 N–H and O–H groups in total. The number of hydrogen-bond acceptors (Lipinski definition) is 6. The zero-order valence-corrected chi connectivity index (χ0v) is 13.3. The highest BCUT2D eigenvalue weighted by Gasteiger charge is 2.26. The molecule has 0 spiro atoms. The van der Waals surface area contributed by atoms with Crippen molar-refractivity contribution in [2.24, 2.45) is 5.84 Å². The Bertz CT molecular complexity index is 470. The molecule has 21 heavy (non-hydrogen) atoms. The number of nitrogen functional groups attached to an aromatic ring is 1. The van der Waals surface area contributed by atoms with Gasteiger partial charge in [-0.15, -0.1) is 0 Å². The van der Waals surface area contributed by atoms with E-state index in [1.807, 2.05) is 6.07 Å². The van der Waals surface area contributed by atoms with Gasteiger partial charge in [-0.3, -0.25) is 0 Å². The first-order valence-electron chi connectivity index (χ1n) is 7.69. The fourth-order valence-corrected chi connectivity index (χ4v) is 2.74. The summed E-state index contributed by atoms with van der Waals surface area (Å²) in [5.74, 6) is 7.87. The van der Waals surface area contributed by atoms with Crippen LogP contribution in [-0.4, -0.2) is 34.3 Å². The van der Waals surface area contributed by atoms with Gasteiger partial charge in [0.25, 0.3) is 0 Å². The summed E-state index contributed by atoms with van der Waals surface area (Å²) in [6.07, 6.45) is 4.24. The van der Waals surface area contributed by atoms with E-state index in [0.29, 0.717) is 11.9 Å². The van der Waals surface area contributed by atoms with Gasteiger partial charge >= 0.3 is 0 Å². The van der Waals surface area contributed by atoms with E-state index in [9.17, 15) is 5.11 Å². The quantitative estimate of drug-likeness (QED) is 0.579. The Kier molecular flexibility index (Phi) is 5.00. The van der Waals surface area contributed by atoms with Crippen LogP contribution >= 0.6 is 0 Å². The van der Waals surface area contributed by atoms with Gasteiger partial charge in [0.05, 0.1) is 0 Å². The molecule has 1 aliphatic heterocycles. The van der Waals surface area contributed by atoms with Crippen LogP contribution in [-0.2, 0) is 5.41 Å². The predicted molar refractivity (Wildman–Crippen MR) is 85.2 cm³/mol. The van der Waals surface area contributed by atoms with Crippen molar-refractivity contribution in [1.82, 2.24) is 9.97 Å². The van der Waals surface area contributed by atoms with Crippen molar-refractivity contribution in [3.63, 3.8) is 0 Å². The van der Waals surface area contributed by atoms with E-state index in [4.69, 9.17) is 10.8 Å². The third-order valence-corrected chi connectivity index (χ3v) is 3.92. The lowest BCUT2D eigenvalue weighted by Crippen LogP contribution is -2.41. The first-order valence-corrected chi connectivity index (χ1v) is 7.69. The molecule has 1 unspecified atom stereocenters. The molecule has 1 aromatic rings. The van der Waals surface area contributed by atoms with Crippen LogP contribution in [0.3, 0.4) is 0 Å². The second kappa shape index (κ2) is 6.58. The maximum Gasteiger partial charge on any atom is 0.145 e. The van der Waals surface area contributed by atoms with Gasteiger partial charge in [0.15, 0.2) is 0 Å². The van der Waals surface area contributed by atoms with E-state index in [2.05, 4.69) is 36.1 Å². The highest BCUT2D eigenvalue weighted by atomic mass is 16.3. The maximum atomic E-state index is 9.28. The molecule has 1 aromatic heterocycles. The highest BCUT2D eigenvalue weighted by Crippen LogP contribution is 2.29. The fourth-order valence-electron chi connectivity index (χ4n) is 2.74. The minimum Gasteiger partial charge on any atom is -0.396 e. The number of anilines is 2. The summed E-state index contributed by atoms with van der Waals surface area (Å²) in [6.45, 7) is 7.45. The second-order valence-corrected chi connectivity index (χ2v) is 6.68. The summed E-state index contributed by atoms with van der Waals surface area (Å²) in [6, 6.07) is 2.24. The molecule has 1 fully saturated rings. The Morgan fingerprint density at radius 1 is 1.38 bits per heavy atom. The van der Waals surface area contributed by atoms with E-state index in [1.165, 1.54) is 6.42 Å². The molecule has 1 aliphatic rings. The summed E-state index contributed by atoms with van der Waals surface area (Å²) >= 11 is 0. The van der Waals surface area contributed by atoms with Crippen LogP contribution in [0.5, 0.6) is 0 Å². The molecule has 1 saturated heterocycles. The van der Waals surface area contributed by atoms with Gasteiger partial charge in [0, 0.05) is 30.7 Å². The van der Waals surface area contributed by atoms with Gasteiger partial charge in [-0.2, -0.15) is 0 Å². The third kappa shape index (κ3) is 3.83. The maximum absolute atomic E-state index is 9.28. The van der Waals surface area contributed by atoms with E-state index < -0.39 is 0 Å². The number of nitrogens with one attached hydrogen (secondary N) is 1. The van der Waals surface area contributed by atoms with Crippen molar-refractivity contribution in [2.45, 2.75) is 57.9 Å². The summed E-state index contributed by atoms with van der Waals surface area (Å²) in [5.41, 5.74) is 2.50. The van der Waals surface area contributed by atoms with E-state index in [1.54, 1.807) is 0 Å². The molecular formula is C15H27N5O. The average Bonchev–Trinajstić information content (AvgIpc) is 2.47. The first-order chi connectivity index (χ1) is 9.95. The number of nitrogens with two attached hydrogens (primary N) is 1. The Morgan fingerprint density at radius 2 is 2.14 bits per heavy atom. The summed E-state index contributed by atoms with van der Waals surface area (Å²) in [7, 11) is 0. The zero-order chi connectivity index (χ0) is 15.5. The Labute approximate surface area is 126 Å².